The first-order chi connectivity index (χ1) is 7.25. The number of ether oxygens (including phenoxy) is 3. The Morgan fingerprint density at radius 2 is 2.53 bits per heavy atom. The maximum absolute atomic E-state index is 10.6. The predicted molar refractivity (Wildman–Crippen MR) is 50.8 cm³/mol. The fourth-order valence-electron chi connectivity index (χ4n) is 1.22. The first-order valence-corrected chi connectivity index (χ1v) is 4.52. The monoisotopic (exact) mass is 209 g/mol. The van der Waals surface area contributed by atoms with Crippen molar-refractivity contribution < 1.29 is 19.0 Å². The summed E-state index contributed by atoms with van der Waals surface area (Å²) in [6, 6.07) is 0. The van der Waals surface area contributed by atoms with Gasteiger partial charge in [-0.1, -0.05) is 0 Å². The number of hydrogen-bond acceptors (Lipinski definition) is 5. The summed E-state index contributed by atoms with van der Waals surface area (Å²) in [6.45, 7) is 1.94. The van der Waals surface area contributed by atoms with Gasteiger partial charge in [0.05, 0.1) is 11.9 Å². The van der Waals surface area contributed by atoms with E-state index in [0.717, 1.165) is 5.70 Å². The lowest BCUT2D eigenvalue weighted by molar-refractivity contribution is -0.141. The van der Waals surface area contributed by atoms with Crippen LogP contribution in [0.3, 0.4) is 0 Å². The molecule has 0 atom stereocenters. The van der Waals surface area contributed by atoms with Crippen LogP contribution in [0, 0.1) is 0 Å². The summed E-state index contributed by atoms with van der Waals surface area (Å²) in [5.74, 6) is 0.298. The highest BCUT2D eigenvalue weighted by atomic mass is 16.6. The number of carbonyl (C=O) groups excluding carboxylic acids is 1. The van der Waals surface area contributed by atoms with Gasteiger partial charge < -0.3 is 19.1 Å². The number of fused-ring (bicyclic) bond motifs is 1. The third-order valence-corrected chi connectivity index (χ3v) is 1.94. The predicted octanol–water partition coefficient (Wildman–Crippen LogP) is 1.07. The van der Waals surface area contributed by atoms with E-state index in [4.69, 9.17) is 14.2 Å². The first kappa shape index (κ1) is 9.64. The van der Waals surface area contributed by atoms with Crippen LogP contribution in [0.4, 0.5) is 0 Å². The summed E-state index contributed by atoms with van der Waals surface area (Å²) in [7, 11) is 0. The number of esters is 1. The topological polar surface area (TPSA) is 48.0 Å². The van der Waals surface area contributed by atoms with E-state index in [1.807, 2.05) is 4.90 Å². The maximum atomic E-state index is 10.6. The van der Waals surface area contributed by atoms with Crippen molar-refractivity contribution in [3.63, 3.8) is 0 Å². The van der Waals surface area contributed by atoms with Crippen molar-refractivity contribution >= 4 is 5.97 Å². The van der Waals surface area contributed by atoms with Crippen LogP contribution in [-0.4, -0.2) is 24.1 Å². The van der Waals surface area contributed by atoms with Gasteiger partial charge in [-0.2, -0.15) is 0 Å². The Labute approximate surface area is 87.2 Å². The molecule has 0 saturated carbocycles. The van der Waals surface area contributed by atoms with Crippen molar-refractivity contribution in [3.8, 4) is 0 Å². The summed E-state index contributed by atoms with van der Waals surface area (Å²) in [4.78, 5) is 12.5. The van der Waals surface area contributed by atoms with E-state index in [9.17, 15) is 4.79 Å². The number of nitrogens with zero attached hydrogens (tertiary/aromatic N) is 1. The third kappa shape index (κ3) is 2.31. The molecule has 2 aliphatic rings. The van der Waals surface area contributed by atoms with Crippen molar-refractivity contribution in [1.29, 1.82) is 0 Å². The van der Waals surface area contributed by atoms with Crippen molar-refractivity contribution in [3.05, 3.63) is 36.4 Å². The SMILES string of the molecule is CC(=O)OCC1=CN2C=COC=C2CO1. The molecule has 0 aromatic heterocycles. The normalized spacial score (nSPS) is 18.1. The minimum atomic E-state index is -0.321. The molecule has 0 N–H and O–H groups in total. The van der Waals surface area contributed by atoms with Crippen molar-refractivity contribution in [2.45, 2.75) is 6.92 Å². The van der Waals surface area contributed by atoms with Gasteiger partial charge in [0.1, 0.15) is 25.7 Å². The summed E-state index contributed by atoms with van der Waals surface area (Å²) in [5, 5.41) is 0. The molecule has 0 aliphatic carbocycles. The van der Waals surface area contributed by atoms with E-state index >= 15 is 0 Å². The average molecular weight is 209 g/mol. The van der Waals surface area contributed by atoms with E-state index in [2.05, 4.69) is 0 Å². The van der Waals surface area contributed by atoms with E-state index in [1.54, 1.807) is 24.9 Å². The summed E-state index contributed by atoms with van der Waals surface area (Å²) < 4.78 is 15.2. The lowest BCUT2D eigenvalue weighted by Gasteiger charge is -2.27. The van der Waals surface area contributed by atoms with Gasteiger partial charge in [0.25, 0.3) is 0 Å². The zero-order valence-electron chi connectivity index (χ0n) is 8.30. The Kier molecular flexibility index (Phi) is 2.62. The molecule has 15 heavy (non-hydrogen) atoms. The second kappa shape index (κ2) is 4.08. The molecule has 2 rings (SSSR count). The zero-order chi connectivity index (χ0) is 10.7. The minimum Gasteiger partial charge on any atom is -0.486 e. The van der Waals surface area contributed by atoms with Gasteiger partial charge in [0.2, 0.25) is 0 Å². The molecule has 0 bridgehead atoms. The summed E-state index contributed by atoms with van der Waals surface area (Å²) in [5.41, 5.74) is 0.907. The standard InChI is InChI=1S/C10H11NO4/c1-8(12)14-7-10-4-11-2-3-13-5-9(11)6-15-10/h2-5H,6-7H2,1H3. The van der Waals surface area contributed by atoms with E-state index in [-0.39, 0.29) is 12.6 Å². The Balaban J connectivity index is 2.00. The van der Waals surface area contributed by atoms with Crippen LogP contribution < -0.4 is 0 Å². The van der Waals surface area contributed by atoms with Crippen molar-refractivity contribution in [2.75, 3.05) is 13.2 Å². The van der Waals surface area contributed by atoms with Crippen LogP contribution in [0.1, 0.15) is 6.92 Å². The highest BCUT2D eigenvalue weighted by Crippen LogP contribution is 2.20. The lowest BCUT2D eigenvalue weighted by atomic mass is 10.3. The molecule has 80 valence electrons. The van der Waals surface area contributed by atoms with Gasteiger partial charge in [-0.05, 0) is 0 Å². The van der Waals surface area contributed by atoms with Crippen LogP contribution in [0.25, 0.3) is 0 Å². The molecular weight excluding hydrogens is 198 g/mol. The van der Waals surface area contributed by atoms with E-state index in [0.29, 0.717) is 12.4 Å². The number of hydrogen-bond donors (Lipinski definition) is 0. The van der Waals surface area contributed by atoms with Gasteiger partial charge in [0, 0.05) is 13.1 Å². The van der Waals surface area contributed by atoms with Crippen LogP contribution in [0.15, 0.2) is 36.4 Å². The average Bonchev–Trinajstić information content (AvgIpc) is 2.26. The Hall–Kier alpha value is -1.91. The molecule has 0 fully saturated rings. The molecule has 0 spiro atoms. The molecule has 0 aromatic rings. The number of rotatable bonds is 2. The Morgan fingerprint density at radius 3 is 3.33 bits per heavy atom. The van der Waals surface area contributed by atoms with E-state index in [1.165, 1.54) is 6.92 Å². The highest BCUT2D eigenvalue weighted by Gasteiger charge is 2.17. The van der Waals surface area contributed by atoms with Gasteiger partial charge in [-0.25, -0.2) is 0 Å². The van der Waals surface area contributed by atoms with Gasteiger partial charge >= 0.3 is 5.97 Å². The quantitative estimate of drug-likeness (QED) is 0.636. The van der Waals surface area contributed by atoms with Crippen molar-refractivity contribution in [2.24, 2.45) is 0 Å². The lowest BCUT2D eigenvalue weighted by Crippen LogP contribution is -2.24. The van der Waals surface area contributed by atoms with E-state index < -0.39 is 0 Å². The minimum absolute atomic E-state index is 0.161. The molecule has 0 radical (unpaired) electrons. The van der Waals surface area contributed by atoms with Crippen LogP contribution in [-0.2, 0) is 19.0 Å². The summed E-state index contributed by atoms with van der Waals surface area (Å²) >= 11 is 0. The zero-order valence-corrected chi connectivity index (χ0v) is 8.30. The molecule has 2 aliphatic heterocycles. The molecule has 5 heteroatoms. The molecular formula is C10H11NO4. The Bertz CT molecular complexity index is 356. The van der Waals surface area contributed by atoms with Crippen LogP contribution in [0.5, 0.6) is 0 Å². The van der Waals surface area contributed by atoms with Gasteiger partial charge in [-0.15, -0.1) is 0 Å². The van der Waals surface area contributed by atoms with Crippen molar-refractivity contribution in [1.82, 2.24) is 4.90 Å². The molecule has 2 heterocycles. The smallest absolute Gasteiger partial charge is 0.303 e. The second-order valence-electron chi connectivity index (χ2n) is 3.10. The fourth-order valence-corrected chi connectivity index (χ4v) is 1.22. The highest BCUT2D eigenvalue weighted by molar-refractivity contribution is 5.66. The van der Waals surface area contributed by atoms with Crippen LogP contribution in [0.2, 0.25) is 0 Å². The Morgan fingerprint density at radius 1 is 1.67 bits per heavy atom. The second-order valence-corrected chi connectivity index (χ2v) is 3.10. The molecule has 0 unspecified atom stereocenters. The van der Waals surface area contributed by atoms with Gasteiger partial charge in [0.15, 0.2) is 5.76 Å². The third-order valence-electron chi connectivity index (χ3n) is 1.94. The maximum Gasteiger partial charge on any atom is 0.303 e. The van der Waals surface area contributed by atoms with Crippen LogP contribution >= 0.6 is 0 Å². The first-order valence-electron chi connectivity index (χ1n) is 4.52. The molecule has 0 saturated heterocycles. The fraction of sp³-hybridized carbons (Fsp3) is 0.300. The van der Waals surface area contributed by atoms with Gasteiger partial charge in [-0.3, -0.25) is 4.79 Å². The molecule has 0 amide bonds. The molecule has 5 nitrogen and oxygen atoms in total. The molecule has 0 aromatic carbocycles. The largest absolute Gasteiger partial charge is 0.486 e. The number of carbonyl (C=O) groups is 1. The summed E-state index contributed by atoms with van der Waals surface area (Å²) in [6.07, 6.45) is 6.71.